The molecule has 2 rings (SSSR count). The molecule has 2 N–H and O–H groups in total. The first-order valence-electron chi connectivity index (χ1n) is 9.57. The Kier molecular flexibility index (Phi) is 8.10. The van der Waals surface area contributed by atoms with Crippen molar-refractivity contribution in [3.63, 3.8) is 0 Å². The van der Waals surface area contributed by atoms with Crippen molar-refractivity contribution < 1.29 is 14.3 Å². The average molecular weight is 374 g/mol. The van der Waals surface area contributed by atoms with E-state index in [0.717, 1.165) is 44.0 Å². The number of rotatable bonds is 6. The van der Waals surface area contributed by atoms with Gasteiger partial charge in [0.05, 0.1) is 19.6 Å². The Labute approximate surface area is 161 Å². The van der Waals surface area contributed by atoms with Gasteiger partial charge in [-0.2, -0.15) is 0 Å². The van der Waals surface area contributed by atoms with E-state index < -0.39 is 0 Å². The number of likely N-dealkylation sites (tertiary alicyclic amines) is 1. The fraction of sp³-hybridized carbons (Fsp3) is 0.550. The van der Waals surface area contributed by atoms with Crippen molar-refractivity contribution in [1.29, 1.82) is 0 Å². The van der Waals surface area contributed by atoms with Crippen molar-refractivity contribution in [3.8, 4) is 0 Å². The Hall–Kier alpha value is -2.57. The van der Waals surface area contributed by atoms with Gasteiger partial charge in [0, 0.05) is 31.7 Å². The topological polar surface area (TPSA) is 83.0 Å². The number of esters is 1. The minimum Gasteiger partial charge on any atom is -0.469 e. The van der Waals surface area contributed by atoms with Gasteiger partial charge in [0.15, 0.2) is 5.96 Å². The Morgan fingerprint density at radius 2 is 1.74 bits per heavy atom. The Bertz CT molecular complexity index is 650. The van der Waals surface area contributed by atoms with Crippen LogP contribution < -0.4 is 10.6 Å². The smallest absolute Gasteiger partial charge is 0.308 e. The first-order valence-corrected chi connectivity index (χ1v) is 9.57. The van der Waals surface area contributed by atoms with Gasteiger partial charge in [0.1, 0.15) is 0 Å². The van der Waals surface area contributed by atoms with E-state index in [0.29, 0.717) is 18.7 Å². The summed E-state index contributed by atoms with van der Waals surface area (Å²) in [6.07, 6.45) is 1.55. The van der Waals surface area contributed by atoms with Crippen LogP contribution in [0.1, 0.15) is 42.6 Å². The van der Waals surface area contributed by atoms with Crippen LogP contribution in [0.15, 0.2) is 29.3 Å². The quantitative estimate of drug-likeness (QED) is 0.451. The summed E-state index contributed by atoms with van der Waals surface area (Å²) in [5.74, 6) is 0.655. The molecular formula is C20H30N4O3. The van der Waals surface area contributed by atoms with Crippen molar-refractivity contribution in [3.05, 3.63) is 35.4 Å². The van der Waals surface area contributed by atoms with Crippen molar-refractivity contribution in [1.82, 2.24) is 15.5 Å². The number of amides is 1. The molecule has 0 unspecified atom stereocenters. The highest BCUT2D eigenvalue weighted by Gasteiger charge is 2.26. The molecule has 1 fully saturated rings. The molecular weight excluding hydrogens is 344 g/mol. The third-order valence-electron chi connectivity index (χ3n) is 4.63. The van der Waals surface area contributed by atoms with Crippen LogP contribution in [0.4, 0.5) is 0 Å². The second kappa shape index (κ2) is 10.5. The molecule has 1 aromatic rings. The molecule has 1 amide bonds. The van der Waals surface area contributed by atoms with Crippen LogP contribution in [0, 0.1) is 5.92 Å². The van der Waals surface area contributed by atoms with Crippen molar-refractivity contribution >= 4 is 17.8 Å². The molecule has 7 heteroatoms. The van der Waals surface area contributed by atoms with Crippen LogP contribution >= 0.6 is 0 Å². The zero-order chi connectivity index (χ0) is 19.6. The average Bonchev–Trinajstić information content (AvgIpc) is 2.71. The van der Waals surface area contributed by atoms with E-state index in [4.69, 9.17) is 9.73 Å². The van der Waals surface area contributed by atoms with Crippen molar-refractivity contribution in [2.75, 3.05) is 33.3 Å². The number of aliphatic imine (C=N–C) groups is 1. The largest absolute Gasteiger partial charge is 0.469 e. The summed E-state index contributed by atoms with van der Waals surface area (Å²) in [4.78, 5) is 30.4. The van der Waals surface area contributed by atoms with Crippen molar-refractivity contribution in [2.45, 2.75) is 33.2 Å². The van der Waals surface area contributed by atoms with Crippen LogP contribution in [-0.4, -0.2) is 56.0 Å². The van der Waals surface area contributed by atoms with E-state index in [1.807, 2.05) is 38.1 Å². The number of carbonyl (C=O) groups is 2. The second-order valence-corrected chi connectivity index (χ2v) is 6.51. The van der Waals surface area contributed by atoms with E-state index in [9.17, 15) is 9.59 Å². The fourth-order valence-electron chi connectivity index (χ4n) is 3.11. The highest BCUT2D eigenvalue weighted by molar-refractivity contribution is 5.94. The molecule has 1 aliphatic rings. The lowest BCUT2D eigenvalue weighted by molar-refractivity contribution is -0.146. The molecule has 1 aromatic carbocycles. The zero-order valence-corrected chi connectivity index (χ0v) is 16.5. The molecule has 1 aliphatic heterocycles. The molecule has 0 saturated carbocycles. The highest BCUT2D eigenvalue weighted by atomic mass is 16.5. The number of guanidine groups is 1. The molecule has 0 atom stereocenters. The summed E-state index contributed by atoms with van der Waals surface area (Å²) < 4.78 is 4.85. The lowest BCUT2D eigenvalue weighted by atomic mass is 9.97. The lowest BCUT2D eigenvalue weighted by Crippen LogP contribution is -2.46. The SMILES string of the molecule is CCNC(=O)c1ccc(CN=C(NCC)N2CCC(C(=O)OC)CC2)cc1. The Balaban J connectivity index is 1.97. The van der Waals surface area contributed by atoms with E-state index in [-0.39, 0.29) is 17.8 Å². The number of carbonyl (C=O) groups excluding carboxylic acids is 2. The molecule has 0 aromatic heterocycles. The molecule has 0 spiro atoms. The van der Waals surface area contributed by atoms with Crippen LogP contribution in [0.5, 0.6) is 0 Å². The van der Waals surface area contributed by atoms with Crippen LogP contribution in [0.3, 0.4) is 0 Å². The minimum absolute atomic E-state index is 0.0176. The van der Waals surface area contributed by atoms with Gasteiger partial charge in [0.2, 0.25) is 0 Å². The molecule has 27 heavy (non-hydrogen) atoms. The first kappa shape index (κ1) is 20.7. The predicted octanol–water partition coefficient (Wildman–Crippen LogP) is 1.79. The van der Waals surface area contributed by atoms with E-state index in [2.05, 4.69) is 15.5 Å². The van der Waals surface area contributed by atoms with Gasteiger partial charge >= 0.3 is 5.97 Å². The van der Waals surface area contributed by atoms with Gasteiger partial charge in [-0.25, -0.2) is 4.99 Å². The maximum atomic E-state index is 11.8. The normalized spacial score (nSPS) is 15.4. The van der Waals surface area contributed by atoms with E-state index in [1.54, 1.807) is 0 Å². The molecule has 148 valence electrons. The fourth-order valence-corrected chi connectivity index (χ4v) is 3.11. The number of nitrogens with zero attached hydrogens (tertiary/aromatic N) is 2. The molecule has 7 nitrogen and oxygen atoms in total. The number of methoxy groups -OCH3 is 1. The van der Waals surface area contributed by atoms with Gasteiger partial charge < -0.3 is 20.3 Å². The number of piperidine rings is 1. The van der Waals surface area contributed by atoms with E-state index in [1.165, 1.54) is 7.11 Å². The summed E-state index contributed by atoms with van der Waals surface area (Å²) in [7, 11) is 1.44. The van der Waals surface area contributed by atoms with Gasteiger partial charge in [-0.05, 0) is 44.4 Å². The van der Waals surface area contributed by atoms with Gasteiger partial charge in [0.25, 0.3) is 5.91 Å². The summed E-state index contributed by atoms with van der Waals surface area (Å²) in [6, 6.07) is 7.51. The minimum atomic E-state index is -0.121. The summed E-state index contributed by atoms with van der Waals surface area (Å²) in [5.41, 5.74) is 1.70. The summed E-state index contributed by atoms with van der Waals surface area (Å²) >= 11 is 0. The highest BCUT2D eigenvalue weighted by Crippen LogP contribution is 2.18. The lowest BCUT2D eigenvalue weighted by Gasteiger charge is -2.33. The van der Waals surface area contributed by atoms with Crippen LogP contribution in [0.25, 0.3) is 0 Å². The third kappa shape index (κ3) is 5.98. The maximum absolute atomic E-state index is 11.8. The van der Waals surface area contributed by atoms with Crippen LogP contribution in [0.2, 0.25) is 0 Å². The summed E-state index contributed by atoms with van der Waals surface area (Å²) in [6.45, 7) is 7.43. The zero-order valence-electron chi connectivity index (χ0n) is 16.5. The molecule has 1 heterocycles. The molecule has 1 saturated heterocycles. The first-order chi connectivity index (χ1) is 13.1. The molecule has 0 radical (unpaired) electrons. The Morgan fingerprint density at radius 3 is 2.30 bits per heavy atom. The predicted molar refractivity (Wildman–Crippen MR) is 106 cm³/mol. The molecule has 0 aliphatic carbocycles. The number of hydrogen-bond acceptors (Lipinski definition) is 4. The molecule has 0 bridgehead atoms. The summed E-state index contributed by atoms with van der Waals surface area (Å²) in [5, 5.41) is 6.11. The van der Waals surface area contributed by atoms with Crippen LogP contribution in [-0.2, 0) is 16.1 Å². The second-order valence-electron chi connectivity index (χ2n) is 6.51. The van der Waals surface area contributed by atoms with Crippen molar-refractivity contribution in [2.24, 2.45) is 10.9 Å². The van der Waals surface area contributed by atoms with Gasteiger partial charge in [-0.3, -0.25) is 9.59 Å². The van der Waals surface area contributed by atoms with Gasteiger partial charge in [-0.15, -0.1) is 0 Å². The maximum Gasteiger partial charge on any atom is 0.308 e. The number of hydrogen-bond donors (Lipinski definition) is 2. The third-order valence-corrected chi connectivity index (χ3v) is 4.63. The monoisotopic (exact) mass is 374 g/mol. The number of benzene rings is 1. The number of nitrogens with one attached hydrogen (secondary N) is 2. The van der Waals surface area contributed by atoms with Gasteiger partial charge in [-0.1, -0.05) is 12.1 Å². The van der Waals surface area contributed by atoms with E-state index >= 15 is 0 Å². The number of ether oxygens (including phenoxy) is 1. The standard InChI is InChI=1S/C20H30N4O3/c1-4-21-18(25)16-8-6-15(7-9-16)14-23-20(22-5-2)24-12-10-17(11-13-24)19(26)27-3/h6-9,17H,4-5,10-14H2,1-3H3,(H,21,25)(H,22,23). The Morgan fingerprint density at radius 1 is 1.11 bits per heavy atom.